The van der Waals surface area contributed by atoms with E-state index in [1.54, 1.807) is 49.2 Å². The van der Waals surface area contributed by atoms with Crippen LogP contribution in [0.3, 0.4) is 0 Å². The molecule has 0 spiro atoms. The lowest BCUT2D eigenvalue weighted by molar-refractivity contribution is 0.199. The van der Waals surface area contributed by atoms with Gasteiger partial charge in [0.25, 0.3) is 0 Å². The molecule has 7 heteroatoms. The first-order valence-electron chi connectivity index (χ1n) is 6.22. The van der Waals surface area contributed by atoms with Crippen LogP contribution >= 0.6 is 0 Å². The van der Waals surface area contributed by atoms with Gasteiger partial charge in [-0.3, -0.25) is 4.68 Å². The van der Waals surface area contributed by atoms with Crippen LogP contribution < -0.4 is 10.6 Å². The lowest BCUT2D eigenvalue weighted by atomic mass is 10.1. The molecule has 0 aliphatic heterocycles. The van der Waals surface area contributed by atoms with Gasteiger partial charge in [-0.25, -0.2) is 9.78 Å². The maximum Gasteiger partial charge on any atom is 0.319 e. The average molecular weight is 275 g/mol. The number of carbonyl (C=O) groups excluding carboxylic acids is 1. The van der Waals surface area contributed by atoms with Gasteiger partial charge >= 0.3 is 6.03 Å². The number of hydrogen-bond acceptors (Lipinski definition) is 4. The average Bonchev–Trinajstić information content (AvgIpc) is 2.82. The van der Waals surface area contributed by atoms with Crippen molar-refractivity contribution in [2.75, 3.05) is 5.32 Å². The molecule has 106 valence electrons. The molecule has 1 aromatic heterocycles. The lowest BCUT2D eigenvalue weighted by Crippen LogP contribution is -2.28. The number of amides is 2. The lowest BCUT2D eigenvalue weighted by Gasteiger charge is -2.09. The molecule has 0 bridgehead atoms. The molecule has 0 saturated heterocycles. The number of nitrogens with zero attached hydrogens (tertiary/aromatic N) is 3. The van der Waals surface area contributed by atoms with E-state index in [0.717, 1.165) is 5.56 Å². The summed E-state index contributed by atoms with van der Waals surface area (Å²) >= 11 is 0. The van der Waals surface area contributed by atoms with Gasteiger partial charge in [-0.15, -0.1) is 0 Å². The van der Waals surface area contributed by atoms with Gasteiger partial charge in [-0.05, 0) is 24.6 Å². The predicted octanol–water partition coefficient (Wildman–Crippen LogP) is 1.19. The number of aliphatic hydroxyl groups is 1. The quantitative estimate of drug-likeness (QED) is 0.781. The van der Waals surface area contributed by atoms with Gasteiger partial charge in [0.15, 0.2) is 5.82 Å². The van der Waals surface area contributed by atoms with Crippen molar-refractivity contribution in [1.29, 1.82) is 0 Å². The van der Waals surface area contributed by atoms with Crippen molar-refractivity contribution in [2.24, 2.45) is 7.05 Å². The molecule has 7 nitrogen and oxygen atoms in total. The molecule has 1 heterocycles. The molecule has 1 aromatic carbocycles. The monoisotopic (exact) mass is 275 g/mol. The van der Waals surface area contributed by atoms with Crippen LogP contribution in [-0.4, -0.2) is 25.9 Å². The molecule has 2 rings (SSSR count). The number of benzene rings is 1. The van der Waals surface area contributed by atoms with E-state index < -0.39 is 6.10 Å². The molecule has 0 aliphatic carbocycles. The summed E-state index contributed by atoms with van der Waals surface area (Å²) < 4.78 is 1.57. The first-order valence-corrected chi connectivity index (χ1v) is 6.22. The number of aromatic nitrogens is 3. The minimum atomic E-state index is -0.572. The first-order chi connectivity index (χ1) is 9.54. The second kappa shape index (κ2) is 6.16. The summed E-state index contributed by atoms with van der Waals surface area (Å²) in [5.74, 6) is 0.542. The van der Waals surface area contributed by atoms with Crippen LogP contribution in [-0.2, 0) is 13.6 Å². The zero-order valence-corrected chi connectivity index (χ0v) is 11.4. The zero-order chi connectivity index (χ0) is 14.5. The number of carbonyl (C=O) groups is 1. The summed E-state index contributed by atoms with van der Waals surface area (Å²) in [4.78, 5) is 15.7. The van der Waals surface area contributed by atoms with Gasteiger partial charge < -0.3 is 15.7 Å². The van der Waals surface area contributed by atoms with Crippen molar-refractivity contribution in [2.45, 2.75) is 19.6 Å². The van der Waals surface area contributed by atoms with Gasteiger partial charge in [0.05, 0.1) is 12.6 Å². The number of anilines is 1. The molecule has 1 atom stereocenters. The Bertz CT molecular complexity index is 594. The molecular weight excluding hydrogens is 258 g/mol. The van der Waals surface area contributed by atoms with Crippen molar-refractivity contribution in [3.05, 3.63) is 42.0 Å². The Hall–Kier alpha value is -2.41. The van der Waals surface area contributed by atoms with E-state index >= 15 is 0 Å². The van der Waals surface area contributed by atoms with Crippen LogP contribution in [0.5, 0.6) is 0 Å². The third kappa shape index (κ3) is 3.79. The number of hydrogen-bond donors (Lipinski definition) is 3. The molecule has 0 saturated carbocycles. The molecular formula is C13H17N5O2. The molecule has 2 amide bonds. The van der Waals surface area contributed by atoms with E-state index in [9.17, 15) is 9.90 Å². The Labute approximate surface area is 116 Å². The molecule has 0 aliphatic rings. The normalized spacial score (nSPS) is 11.9. The third-order valence-corrected chi connectivity index (χ3v) is 2.68. The standard InChI is InChI=1S/C13H17N5O2/c1-9(19)10-4-3-5-11(6-10)16-13(20)14-7-12-15-8-18(2)17-12/h3-6,8-9,19H,7H2,1-2H3,(H2,14,16,20). The van der Waals surface area contributed by atoms with Crippen LogP contribution in [0.15, 0.2) is 30.6 Å². The molecule has 1 unspecified atom stereocenters. The van der Waals surface area contributed by atoms with E-state index in [1.165, 1.54) is 0 Å². The van der Waals surface area contributed by atoms with Gasteiger partial charge in [0.1, 0.15) is 6.33 Å². The zero-order valence-electron chi connectivity index (χ0n) is 11.4. The third-order valence-electron chi connectivity index (χ3n) is 2.68. The van der Waals surface area contributed by atoms with Crippen LogP contribution in [0.1, 0.15) is 24.4 Å². The summed E-state index contributed by atoms with van der Waals surface area (Å²) in [5.41, 5.74) is 1.36. The first kappa shape index (κ1) is 14.0. The summed E-state index contributed by atoms with van der Waals surface area (Å²) in [6.45, 7) is 1.93. The Morgan fingerprint density at radius 1 is 1.50 bits per heavy atom. The number of aryl methyl sites for hydroxylation is 1. The highest BCUT2D eigenvalue weighted by atomic mass is 16.3. The fourth-order valence-electron chi connectivity index (χ4n) is 1.68. The van der Waals surface area contributed by atoms with E-state index in [0.29, 0.717) is 11.5 Å². The summed E-state index contributed by atoms with van der Waals surface area (Å²) in [6, 6.07) is 6.71. The highest BCUT2D eigenvalue weighted by Crippen LogP contribution is 2.16. The maximum absolute atomic E-state index is 11.7. The number of aliphatic hydroxyl groups excluding tert-OH is 1. The van der Waals surface area contributed by atoms with E-state index in [4.69, 9.17) is 0 Å². The van der Waals surface area contributed by atoms with Crippen LogP contribution in [0.25, 0.3) is 0 Å². The molecule has 2 aromatic rings. The fraction of sp³-hybridized carbons (Fsp3) is 0.308. The summed E-state index contributed by atoms with van der Waals surface area (Å²) in [6.07, 6.45) is 0.999. The van der Waals surface area contributed by atoms with Crippen LogP contribution in [0.4, 0.5) is 10.5 Å². The second-order valence-electron chi connectivity index (χ2n) is 4.44. The van der Waals surface area contributed by atoms with E-state index in [-0.39, 0.29) is 12.6 Å². The fourth-order valence-corrected chi connectivity index (χ4v) is 1.68. The number of urea groups is 1. The van der Waals surface area contributed by atoms with Crippen LogP contribution in [0, 0.1) is 0 Å². The molecule has 20 heavy (non-hydrogen) atoms. The van der Waals surface area contributed by atoms with Crippen LogP contribution in [0.2, 0.25) is 0 Å². The van der Waals surface area contributed by atoms with Crippen molar-refractivity contribution >= 4 is 11.7 Å². The van der Waals surface area contributed by atoms with Crippen molar-refractivity contribution < 1.29 is 9.90 Å². The largest absolute Gasteiger partial charge is 0.389 e. The van der Waals surface area contributed by atoms with Crippen molar-refractivity contribution in [3.63, 3.8) is 0 Å². The molecule has 0 fully saturated rings. The number of nitrogens with one attached hydrogen (secondary N) is 2. The SMILES string of the molecule is CC(O)c1cccc(NC(=O)NCc2ncn(C)n2)c1. The topological polar surface area (TPSA) is 92.1 Å². The van der Waals surface area contributed by atoms with Crippen molar-refractivity contribution in [1.82, 2.24) is 20.1 Å². The number of rotatable bonds is 4. The smallest absolute Gasteiger partial charge is 0.319 e. The molecule has 0 radical (unpaired) electrons. The predicted molar refractivity (Wildman–Crippen MR) is 73.9 cm³/mol. The van der Waals surface area contributed by atoms with Gasteiger partial charge in [-0.2, -0.15) is 5.10 Å². The Kier molecular flexibility index (Phi) is 4.31. The molecule has 3 N–H and O–H groups in total. The van der Waals surface area contributed by atoms with E-state index in [1.807, 2.05) is 0 Å². The Morgan fingerprint density at radius 2 is 2.30 bits per heavy atom. The van der Waals surface area contributed by atoms with Crippen molar-refractivity contribution in [3.8, 4) is 0 Å². The van der Waals surface area contributed by atoms with Gasteiger partial charge in [0, 0.05) is 12.7 Å². The maximum atomic E-state index is 11.7. The second-order valence-corrected chi connectivity index (χ2v) is 4.44. The minimum absolute atomic E-state index is 0.253. The van der Waals surface area contributed by atoms with E-state index in [2.05, 4.69) is 20.7 Å². The van der Waals surface area contributed by atoms with Gasteiger partial charge in [-0.1, -0.05) is 12.1 Å². The Morgan fingerprint density at radius 3 is 2.95 bits per heavy atom. The highest BCUT2D eigenvalue weighted by Gasteiger charge is 2.06. The summed E-state index contributed by atoms with van der Waals surface area (Å²) in [5, 5.41) is 18.9. The Balaban J connectivity index is 1.89. The summed E-state index contributed by atoms with van der Waals surface area (Å²) in [7, 11) is 1.76. The van der Waals surface area contributed by atoms with Gasteiger partial charge in [0.2, 0.25) is 0 Å². The highest BCUT2D eigenvalue weighted by molar-refractivity contribution is 5.89. The minimum Gasteiger partial charge on any atom is -0.389 e.